The Kier molecular flexibility index (Phi) is 4.42. The van der Waals surface area contributed by atoms with Gasteiger partial charge in [0.1, 0.15) is 12.2 Å². The lowest BCUT2D eigenvalue weighted by Crippen LogP contribution is -2.67. The monoisotopic (exact) mass is 495 g/mol. The maximum Gasteiger partial charge on any atom is 0.343 e. The van der Waals surface area contributed by atoms with Crippen LogP contribution in [0.4, 0.5) is 0 Å². The number of ether oxygens (including phenoxy) is 5. The van der Waals surface area contributed by atoms with Gasteiger partial charge in [-0.15, -0.1) is 0 Å². The van der Waals surface area contributed by atoms with E-state index in [4.69, 9.17) is 23.7 Å². The van der Waals surface area contributed by atoms with E-state index in [-0.39, 0.29) is 12.5 Å². The summed E-state index contributed by atoms with van der Waals surface area (Å²) in [6, 6.07) is 0. The van der Waals surface area contributed by atoms with Crippen LogP contribution < -0.4 is 0 Å². The van der Waals surface area contributed by atoms with E-state index in [1.54, 1.807) is 0 Å². The molecule has 0 aromatic heterocycles. The summed E-state index contributed by atoms with van der Waals surface area (Å²) in [6.45, 7) is 8.16. The Labute approximate surface area is 202 Å². The number of esters is 3. The quantitative estimate of drug-likeness (QED) is 0.375. The first-order chi connectivity index (χ1) is 16.2. The highest BCUT2D eigenvalue weighted by atomic mass is 16.8. The number of rotatable bonds is 4. The van der Waals surface area contributed by atoms with Gasteiger partial charge in [-0.2, -0.15) is 0 Å². The van der Waals surface area contributed by atoms with Crippen LogP contribution in [0.25, 0.3) is 0 Å². The topological polar surface area (TPSA) is 141 Å². The zero-order valence-corrected chi connectivity index (χ0v) is 20.8. The van der Waals surface area contributed by atoms with Crippen molar-refractivity contribution in [2.24, 2.45) is 28.1 Å². The molecule has 0 aromatic carbocycles. The first-order valence-electron chi connectivity index (χ1n) is 12.2. The lowest BCUT2D eigenvalue weighted by atomic mass is 9.51. The predicted octanol–water partition coefficient (Wildman–Crippen LogP) is -0.784. The van der Waals surface area contributed by atoms with Gasteiger partial charge in [-0.05, 0) is 38.8 Å². The van der Waals surface area contributed by atoms with E-state index < -0.39 is 82.0 Å². The van der Waals surface area contributed by atoms with Gasteiger partial charge in [-0.3, -0.25) is 4.79 Å². The van der Waals surface area contributed by atoms with Crippen LogP contribution >= 0.6 is 0 Å². The number of carbonyl (C=O) groups excluding carboxylic acids is 3. The van der Waals surface area contributed by atoms with Gasteiger partial charge in [0.05, 0.1) is 23.4 Å². The summed E-state index contributed by atoms with van der Waals surface area (Å²) in [6.07, 6.45) is -6.01. The number of likely N-dealkylation sites (N-methyl/N-ethyl adjacent to an activating group) is 1. The molecule has 2 saturated carbocycles. The van der Waals surface area contributed by atoms with Crippen molar-refractivity contribution in [1.82, 2.24) is 4.90 Å². The Morgan fingerprint density at radius 3 is 2.43 bits per heavy atom. The molecule has 4 saturated heterocycles. The first kappa shape index (κ1) is 23.6. The highest BCUT2D eigenvalue weighted by molar-refractivity contribution is 5.94. The number of carbonyl (C=O) groups is 3. The van der Waals surface area contributed by atoms with Gasteiger partial charge in [-0.25, -0.2) is 9.59 Å². The molecule has 6 aliphatic rings. The minimum Gasteiger partial charge on any atom is -0.459 e. The van der Waals surface area contributed by atoms with Crippen molar-refractivity contribution in [2.75, 3.05) is 27.2 Å². The lowest BCUT2D eigenvalue weighted by Gasteiger charge is -2.48. The molecule has 6 fully saturated rings. The predicted molar refractivity (Wildman–Crippen MR) is 114 cm³/mol. The van der Waals surface area contributed by atoms with Crippen LogP contribution in [-0.2, 0) is 38.1 Å². The molecule has 0 unspecified atom stereocenters. The zero-order valence-electron chi connectivity index (χ0n) is 20.8. The fraction of sp³-hybridized carbons (Fsp3) is 0.875. The third-order valence-corrected chi connectivity index (χ3v) is 9.79. The Balaban J connectivity index is 1.62. The second kappa shape index (κ2) is 6.55. The highest BCUT2D eigenvalue weighted by Crippen LogP contribution is 2.84. The van der Waals surface area contributed by atoms with Gasteiger partial charge in [0.25, 0.3) is 0 Å². The average molecular weight is 496 g/mol. The summed E-state index contributed by atoms with van der Waals surface area (Å²) in [7, 11) is 3.75. The molecule has 0 aromatic rings. The molecule has 4 heterocycles. The fourth-order valence-corrected chi connectivity index (χ4v) is 8.65. The minimum atomic E-state index is -2.21. The Morgan fingerprint density at radius 1 is 1.11 bits per heavy atom. The van der Waals surface area contributed by atoms with Crippen molar-refractivity contribution in [3.05, 3.63) is 0 Å². The molecule has 6 rings (SSSR count). The summed E-state index contributed by atoms with van der Waals surface area (Å²) >= 11 is 0. The standard InChI is InChI=1S/C24H33NO10/c1-10-16(27)33-14-13(26)22-12-9-11(20(2,3)4)21(22)15(31-8-7-25(5)6)17(28)34-19(21)35-24(22,18(29)32-12)23(10,14)30/h10-15,19,26,30H,7-9H2,1-6H3/t10-,11+,12-,13+,14+,15+,19+,21+,22+,23-,24-/m1/s1. The van der Waals surface area contributed by atoms with Crippen LogP contribution in [0.3, 0.4) is 0 Å². The average Bonchev–Trinajstić information content (AvgIpc) is 3.46. The molecule has 0 bridgehead atoms. The Morgan fingerprint density at radius 2 is 1.80 bits per heavy atom. The van der Waals surface area contributed by atoms with E-state index in [1.807, 2.05) is 39.8 Å². The molecule has 0 amide bonds. The third-order valence-electron chi connectivity index (χ3n) is 9.79. The molecule has 2 aliphatic carbocycles. The molecule has 194 valence electrons. The first-order valence-corrected chi connectivity index (χ1v) is 12.2. The van der Waals surface area contributed by atoms with E-state index in [0.717, 1.165) is 0 Å². The Hall–Kier alpha value is -1.79. The van der Waals surface area contributed by atoms with Crippen LogP contribution in [0.2, 0.25) is 0 Å². The number of aliphatic hydroxyl groups is 2. The molecular formula is C24H33NO10. The van der Waals surface area contributed by atoms with Crippen LogP contribution in [0.15, 0.2) is 0 Å². The van der Waals surface area contributed by atoms with Gasteiger partial charge in [0, 0.05) is 6.54 Å². The van der Waals surface area contributed by atoms with Crippen LogP contribution in [-0.4, -0.2) is 102 Å². The van der Waals surface area contributed by atoms with Crippen LogP contribution in [0.5, 0.6) is 0 Å². The zero-order chi connectivity index (χ0) is 25.5. The van der Waals surface area contributed by atoms with E-state index in [9.17, 15) is 24.6 Å². The smallest absolute Gasteiger partial charge is 0.343 e. The van der Waals surface area contributed by atoms with Crippen molar-refractivity contribution in [1.29, 1.82) is 0 Å². The largest absolute Gasteiger partial charge is 0.459 e. The maximum absolute atomic E-state index is 13.7. The minimum absolute atomic E-state index is 0.190. The van der Waals surface area contributed by atoms with Crippen molar-refractivity contribution >= 4 is 17.9 Å². The van der Waals surface area contributed by atoms with Crippen molar-refractivity contribution in [3.8, 4) is 0 Å². The number of hydrogen-bond acceptors (Lipinski definition) is 11. The fourth-order valence-electron chi connectivity index (χ4n) is 8.65. The molecule has 35 heavy (non-hydrogen) atoms. The van der Waals surface area contributed by atoms with Gasteiger partial charge >= 0.3 is 17.9 Å². The molecule has 11 atom stereocenters. The normalized spacial score (nSPS) is 53.4. The highest BCUT2D eigenvalue weighted by Gasteiger charge is 3.04. The van der Waals surface area contributed by atoms with E-state index in [2.05, 4.69) is 0 Å². The summed E-state index contributed by atoms with van der Waals surface area (Å²) in [5, 5.41) is 24.1. The molecule has 11 heteroatoms. The van der Waals surface area contributed by atoms with Crippen molar-refractivity contribution < 1.29 is 48.3 Å². The molecule has 11 nitrogen and oxygen atoms in total. The number of hydrogen-bond donors (Lipinski definition) is 2. The van der Waals surface area contributed by atoms with Crippen molar-refractivity contribution in [2.45, 2.75) is 76.0 Å². The van der Waals surface area contributed by atoms with Crippen LogP contribution in [0, 0.1) is 28.1 Å². The SMILES string of the molecule is C[C@@H]1C(=O)O[C@H]2[C@H](O)[C@@]34[C@H]5C[C@@H](C(C)(C)C)[C@]36[C@@H](OC(=O)[C@@H]6OCCN(C)C)O[C@@]4(C(=O)O5)[C@@]12O. The lowest BCUT2D eigenvalue weighted by molar-refractivity contribution is -0.240. The van der Waals surface area contributed by atoms with Crippen molar-refractivity contribution in [3.63, 3.8) is 0 Å². The molecule has 4 aliphatic heterocycles. The molecule has 2 spiro atoms. The van der Waals surface area contributed by atoms with Crippen LogP contribution in [0.1, 0.15) is 34.1 Å². The van der Waals surface area contributed by atoms with E-state index in [0.29, 0.717) is 13.0 Å². The molecular weight excluding hydrogens is 462 g/mol. The summed E-state index contributed by atoms with van der Waals surface area (Å²) in [4.78, 5) is 41.5. The summed E-state index contributed by atoms with van der Waals surface area (Å²) < 4.78 is 29.7. The second-order valence-electron chi connectivity index (χ2n) is 12.3. The van der Waals surface area contributed by atoms with Gasteiger partial charge in [0.2, 0.25) is 11.9 Å². The number of nitrogens with zero attached hydrogens (tertiary/aromatic N) is 1. The van der Waals surface area contributed by atoms with Gasteiger partial charge in [-0.1, -0.05) is 20.8 Å². The maximum atomic E-state index is 13.7. The third kappa shape index (κ3) is 2.10. The molecule has 0 radical (unpaired) electrons. The van der Waals surface area contributed by atoms with Gasteiger partial charge in [0.15, 0.2) is 17.8 Å². The number of fused-ring (bicyclic) bond motifs is 1. The Bertz CT molecular complexity index is 1020. The summed E-state index contributed by atoms with van der Waals surface area (Å²) in [5.74, 6) is -3.80. The van der Waals surface area contributed by atoms with E-state index >= 15 is 0 Å². The van der Waals surface area contributed by atoms with E-state index in [1.165, 1.54) is 6.92 Å². The number of aliphatic hydroxyl groups excluding tert-OH is 1. The summed E-state index contributed by atoms with van der Waals surface area (Å²) in [5.41, 5.74) is -7.81. The molecule has 2 N–H and O–H groups in total. The van der Waals surface area contributed by atoms with Gasteiger partial charge < -0.3 is 38.8 Å². The second-order valence-corrected chi connectivity index (χ2v) is 12.3.